The summed E-state index contributed by atoms with van der Waals surface area (Å²) in [5, 5.41) is 23.2. The van der Waals surface area contributed by atoms with Crippen LogP contribution in [0.25, 0.3) is 0 Å². The van der Waals surface area contributed by atoms with E-state index in [-0.39, 0.29) is 22.1 Å². The first-order valence-corrected chi connectivity index (χ1v) is 13.2. The standard InChI is InChI=1S/C25H31NO2S/c1-14-12-18(14)17-10-6-7-11-25-20(17)22(25)29(3,24(25)28)23(26-2)19-13-15-8-4-5-9-16(15)21(19)27/h4-11,14,17-24,27-28H,2,12-13H2,1,3H3. The Morgan fingerprint density at radius 2 is 2.00 bits per heavy atom. The van der Waals surface area contributed by atoms with Crippen LogP contribution in [0.1, 0.15) is 30.6 Å². The van der Waals surface area contributed by atoms with Crippen molar-refractivity contribution in [1.82, 2.24) is 0 Å². The number of hydrogen-bond donors (Lipinski definition) is 2. The number of aliphatic hydroxyl groups excluding tert-OH is 2. The van der Waals surface area contributed by atoms with E-state index in [1.54, 1.807) is 0 Å². The Morgan fingerprint density at radius 3 is 2.69 bits per heavy atom. The van der Waals surface area contributed by atoms with Gasteiger partial charge < -0.3 is 10.2 Å². The van der Waals surface area contributed by atoms with Crippen LogP contribution in [0.4, 0.5) is 0 Å². The third kappa shape index (κ3) is 2.11. The van der Waals surface area contributed by atoms with Crippen LogP contribution < -0.4 is 0 Å². The van der Waals surface area contributed by atoms with Crippen molar-refractivity contribution in [1.29, 1.82) is 0 Å². The van der Waals surface area contributed by atoms with Gasteiger partial charge in [-0.25, -0.2) is 0 Å². The first kappa shape index (κ1) is 18.4. The topological polar surface area (TPSA) is 52.8 Å². The molecule has 3 nitrogen and oxygen atoms in total. The fourth-order valence-electron chi connectivity index (χ4n) is 7.46. The summed E-state index contributed by atoms with van der Waals surface area (Å²) in [5.41, 5.74) is 1.86. The van der Waals surface area contributed by atoms with Gasteiger partial charge in [0.2, 0.25) is 0 Å². The van der Waals surface area contributed by atoms with Gasteiger partial charge in [0.05, 0.1) is 16.9 Å². The summed E-state index contributed by atoms with van der Waals surface area (Å²) >= 11 is 0. The van der Waals surface area contributed by atoms with E-state index < -0.39 is 16.1 Å². The molecule has 154 valence electrons. The van der Waals surface area contributed by atoms with Gasteiger partial charge in [-0.3, -0.25) is 4.99 Å². The fourth-order valence-corrected chi connectivity index (χ4v) is 12.9. The highest BCUT2D eigenvalue weighted by Gasteiger charge is 2.86. The molecule has 5 aliphatic rings. The molecular formula is C25H31NO2S. The summed E-state index contributed by atoms with van der Waals surface area (Å²) < 4.78 is 0. The predicted octanol–water partition coefficient (Wildman–Crippen LogP) is 4.07. The molecule has 29 heavy (non-hydrogen) atoms. The minimum absolute atomic E-state index is 0.0274. The second kappa shape index (κ2) is 5.87. The van der Waals surface area contributed by atoms with Crippen LogP contribution in [0.3, 0.4) is 0 Å². The molecular weight excluding hydrogens is 378 g/mol. The second-order valence-electron chi connectivity index (χ2n) is 10.2. The van der Waals surface area contributed by atoms with Crippen molar-refractivity contribution in [2.45, 2.75) is 41.9 Å². The molecule has 1 heterocycles. The van der Waals surface area contributed by atoms with Gasteiger partial charge in [0.15, 0.2) is 0 Å². The molecule has 11 unspecified atom stereocenters. The fraction of sp³-hybridized carbons (Fsp3) is 0.560. The number of nitrogens with zero attached hydrogens (tertiary/aromatic N) is 1. The van der Waals surface area contributed by atoms with E-state index in [2.05, 4.69) is 55.3 Å². The van der Waals surface area contributed by atoms with Gasteiger partial charge in [0.1, 0.15) is 0 Å². The van der Waals surface area contributed by atoms with Crippen LogP contribution in [0.5, 0.6) is 0 Å². The van der Waals surface area contributed by atoms with E-state index in [1.165, 1.54) is 12.0 Å². The van der Waals surface area contributed by atoms with E-state index in [0.717, 1.165) is 23.8 Å². The minimum atomic E-state index is -1.43. The third-order valence-electron chi connectivity index (χ3n) is 8.95. The Balaban J connectivity index is 1.34. The molecule has 1 aromatic carbocycles. The van der Waals surface area contributed by atoms with Crippen LogP contribution in [-0.2, 0) is 6.42 Å². The van der Waals surface area contributed by atoms with Crippen molar-refractivity contribution in [3.63, 3.8) is 0 Å². The molecule has 2 saturated carbocycles. The number of fused-ring (bicyclic) bond motifs is 2. The SMILES string of the molecule is C=NC(C1Cc2ccccc2C1O)S1(C)C(O)C23C=CC=CC(C4CC4C)C2C31. The van der Waals surface area contributed by atoms with Gasteiger partial charge >= 0.3 is 0 Å². The molecule has 3 fully saturated rings. The number of aliphatic imine (C=N–C) groups is 1. The van der Waals surface area contributed by atoms with Crippen LogP contribution in [0.2, 0.25) is 0 Å². The maximum atomic E-state index is 11.6. The molecule has 1 spiro atoms. The Hall–Kier alpha value is -1.36. The molecule has 0 amide bonds. The van der Waals surface area contributed by atoms with Gasteiger partial charge in [0.25, 0.3) is 0 Å². The lowest BCUT2D eigenvalue weighted by atomic mass is 9.91. The largest absolute Gasteiger partial charge is 0.388 e. The Bertz CT molecular complexity index is 943. The molecule has 1 aromatic rings. The predicted molar refractivity (Wildman–Crippen MR) is 120 cm³/mol. The van der Waals surface area contributed by atoms with E-state index >= 15 is 0 Å². The van der Waals surface area contributed by atoms with Crippen LogP contribution >= 0.6 is 10.0 Å². The molecule has 0 bridgehead atoms. The smallest absolute Gasteiger partial charge is 0.0965 e. The Morgan fingerprint density at radius 1 is 1.24 bits per heavy atom. The monoisotopic (exact) mass is 409 g/mol. The molecule has 2 N–H and O–H groups in total. The molecule has 0 aromatic heterocycles. The van der Waals surface area contributed by atoms with Crippen molar-refractivity contribution < 1.29 is 10.2 Å². The summed E-state index contributed by atoms with van der Waals surface area (Å²) in [7, 11) is -1.43. The lowest BCUT2D eigenvalue weighted by Gasteiger charge is -2.58. The van der Waals surface area contributed by atoms with Crippen molar-refractivity contribution in [2.24, 2.45) is 40.0 Å². The Kier molecular flexibility index (Phi) is 3.72. The highest BCUT2D eigenvalue weighted by atomic mass is 32.3. The van der Waals surface area contributed by atoms with Crippen molar-refractivity contribution in [3.8, 4) is 0 Å². The first-order chi connectivity index (χ1) is 14.0. The number of aliphatic hydroxyl groups is 2. The molecule has 0 radical (unpaired) electrons. The average molecular weight is 410 g/mol. The van der Waals surface area contributed by atoms with E-state index in [9.17, 15) is 10.2 Å². The maximum absolute atomic E-state index is 11.6. The molecule has 1 aliphatic heterocycles. The third-order valence-corrected chi connectivity index (χ3v) is 13.7. The summed E-state index contributed by atoms with van der Waals surface area (Å²) in [4.78, 5) is 4.63. The highest BCUT2D eigenvalue weighted by molar-refractivity contribution is 8.36. The van der Waals surface area contributed by atoms with Crippen molar-refractivity contribution >= 4 is 16.7 Å². The van der Waals surface area contributed by atoms with Crippen LogP contribution in [-0.4, -0.2) is 39.2 Å². The van der Waals surface area contributed by atoms with Crippen LogP contribution in [0, 0.1) is 35.0 Å². The number of allylic oxidation sites excluding steroid dienone is 3. The van der Waals surface area contributed by atoms with Gasteiger partial charge in [-0.05, 0) is 60.6 Å². The zero-order valence-electron chi connectivity index (χ0n) is 17.2. The second-order valence-corrected chi connectivity index (χ2v) is 13.9. The summed E-state index contributed by atoms with van der Waals surface area (Å²) in [6.07, 6.45) is 13.0. The van der Waals surface area contributed by atoms with E-state index in [4.69, 9.17) is 0 Å². The van der Waals surface area contributed by atoms with Crippen molar-refractivity contribution in [2.75, 3.05) is 6.26 Å². The quantitative estimate of drug-likeness (QED) is 0.737. The van der Waals surface area contributed by atoms with Gasteiger partial charge in [-0.1, -0.05) is 55.5 Å². The summed E-state index contributed by atoms with van der Waals surface area (Å²) in [6, 6.07) is 8.20. The Labute approximate surface area is 174 Å². The number of hydrogen-bond acceptors (Lipinski definition) is 3. The van der Waals surface area contributed by atoms with Gasteiger partial charge in [0, 0.05) is 16.6 Å². The first-order valence-electron chi connectivity index (χ1n) is 11.0. The summed E-state index contributed by atoms with van der Waals surface area (Å²) in [5.74, 6) is 2.71. The van der Waals surface area contributed by atoms with Crippen molar-refractivity contribution in [3.05, 3.63) is 59.7 Å². The number of benzene rings is 1. The molecule has 4 aliphatic carbocycles. The zero-order valence-corrected chi connectivity index (χ0v) is 18.0. The minimum Gasteiger partial charge on any atom is -0.388 e. The van der Waals surface area contributed by atoms with Gasteiger partial charge in [-0.2, -0.15) is 10.0 Å². The maximum Gasteiger partial charge on any atom is 0.0965 e. The molecule has 4 heteroatoms. The number of rotatable bonds is 4. The zero-order chi connectivity index (χ0) is 20.1. The normalized spacial score (nSPS) is 54.1. The highest BCUT2D eigenvalue weighted by Crippen LogP contribution is 2.93. The van der Waals surface area contributed by atoms with E-state index in [0.29, 0.717) is 17.1 Å². The molecule has 6 rings (SSSR count). The molecule has 11 atom stereocenters. The van der Waals surface area contributed by atoms with Gasteiger partial charge in [-0.15, -0.1) is 0 Å². The summed E-state index contributed by atoms with van der Waals surface area (Å²) in [6.45, 7) is 6.32. The lowest BCUT2D eigenvalue weighted by Crippen LogP contribution is -2.49. The molecule has 1 saturated heterocycles. The van der Waals surface area contributed by atoms with E-state index in [1.807, 2.05) is 18.2 Å². The average Bonchev–Trinajstić information content (AvgIpc) is 3.57. The van der Waals surface area contributed by atoms with Crippen LogP contribution in [0.15, 0.2) is 53.6 Å². The lowest BCUT2D eigenvalue weighted by molar-refractivity contribution is 0.118.